The van der Waals surface area contributed by atoms with E-state index in [-0.39, 0.29) is 16.6 Å². The molecule has 0 radical (unpaired) electrons. The minimum Gasteiger partial charge on any atom is -0.379 e. The number of halogens is 1. The minimum atomic E-state index is -3.57. The SMILES string of the molecule is C[C@H](Nc1ccc(F)cc1)C(=O)Nc1ccc(S(=O)(=O)N2CCOCC2)cc1. The third-order valence-electron chi connectivity index (χ3n) is 4.35. The number of ether oxygens (including phenoxy) is 1. The van der Waals surface area contributed by atoms with E-state index in [1.165, 1.54) is 28.6 Å². The molecule has 3 rings (SSSR count). The van der Waals surface area contributed by atoms with Crippen molar-refractivity contribution in [3.8, 4) is 0 Å². The van der Waals surface area contributed by atoms with Gasteiger partial charge in [0.15, 0.2) is 0 Å². The molecule has 2 aromatic carbocycles. The first-order valence-corrected chi connectivity index (χ1v) is 10.3. The van der Waals surface area contributed by atoms with Crippen LogP contribution in [-0.2, 0) is 19.6 Å². The van der Waals surface area contributed by atoms with Crippen LogP contribution in [0.15, 0.2) is 53.4 Å². The van der Waals surface area contributed by atoms with Gasteiger partial charge in [0, 0.05) is 24.5 Å². The minimum absolute atomic E-state index is 0.171. The highest BCUT2D eigenvalue weighted by atomic mass is 32.2. The summed E-state index contributed by atoms with van der Waals surface area (Å²) in [5, 5.41) is 5.70. The summed E-state index contributed by atoms with van der Waals surface area (Å²) in [6, 6.07) is 11.2. The number of morpholine rings is 1. The quantitative estimate of drug-likeness (QED) is 0.767. The van der Waals surface area contributed by atoms with Crippen molar-refractivity contribution in [3.05, 3.63) is 54.3 Å². The maximum Gasteiger partial charge on any atom is 0.246 e. The molecule has 0 spiro atoms. The van der Waals surface area contributed by atoms with Gasteiger partial charge in [0.05, 0.1) is 18.1 Å². The molecule has 0 unspecified atom stereocenters. The summed E-state index contributed by atoms with van der Waals surface area (Å²) in [7, 11) is -3.57. The van der Waals surface area contributed by atoms with E-state index in [1.807, 2.05) is 0 Å². The molecule has 150 valence electrons. The Morgan fingerprint density at radius 1 is 1.04 bits per heavy atom. The zero-order chi connectivity index (χ0) is 20.1. The Hall–Kier alpha value is -2.49. The van der Waals surface area contributed by atoms with Gasteiger partial charge in [0.25, 0.3) is 0 Å². The Morgan fingerprint density at radius 3 is 2.21 bits per heavy atom. The molecule has 9 heteroatoms. The van der Waals surface area contributed by atoms with Gasteiger partial charge in [-0.05, 0) is 55.5 Å². The number of nitrogens with one attached hydrogen (secondary N) is 2. The van der Waals surface area contributed by atoms with E-state index in [2.05, 4.69) is 10.6 Å². The van der Waals surface area contributed by atoms with Crippen molar-refractivity contribution in [2.24, 2.45) is 0 Å². The molecule has 2 aromatic rings. The first kappa shape index (κ1) is 20.2. The second kappa shape index (κ2) is 8.68. The lowest BCUT2D eigenvalue weighted by Crippen LogP contribution is -2.40. The molecule has 0 saturated carbocycles. The van der Waals surface area contributed by atoms with Crippen LogP contribution in [0.4, 0.5) is 15.8 Å². The van der Waals surface area contributed by atoms with Crippen molar-refractivity contribution in [2.45, 2.75) is 17.9 Å². The number of carbonyl (C=O) groups is 1. The van der Waals surface area contributed by atoms with Crippen molar-refractivity contribution in [3.63, 3.8) is 0 Å². The third kappa shape index (κ3) is 4.86. The maximum atomic E-state index is 12.9. The second-order valence-corrected chi connectivity index (χ2v) is 8.34. The van der Waals surface area contributed by atoms with E-state index >= 15 is 0 Å². The molecule has 0 aliphatic carbocycles. The Labute approximate surface area is 163 Å². The number of hydrogen-bond donors (Lipinski definition) is 2. The zero-order valence-electron chi connectivity index (χ0n) is 15.4. The highest BCUT2D eigenvalue weighted by Crippen LogP contribution is 2.20. The smallest absolute Gasteiger partial charge is 0.246 e. The van der Waals surface area contributed by atoms with Gasteiger partial charge in [-0.2, -0.15) is 4.31 Å². The molecule has 0 aromatic heterocycles. The Morgan fingerprint density at radius 2 is 1.61 bits per heavy atom. The Bertz CT molecular complexity index is 911. The highest BCUT2D eigenvalue weighted by Gasteiger charge is 2.26. The summed E-state index contributed by atoms with van der Waals surface area (Å²) in [4.78, 5) is 12.5. The summed E-state index contributed by atoms with van der Waals surface area (Å²) in [6.45, 7) is 3.09. The van der Waals surface area contributed by atoms with Gasteiger partial charge >= 0.3 is 0 Å². The molecule has 7 nitrogen and oxygen atoms in total. The van der Waals surface area contributed by atoms with Gasteiger partial charge in [-0.25, -0.2) is 12.8 Å². The first-order chi connectivity index (χ1) is 13.4. The van der Waals surface area contributed by atoms with Crippen LogP contribution in [0.3, 0.4) is 0 Å². The normalized spacial score (nSPS) is 16.4. The van der Waals surface area contributed by atoms with Crippen LogP contribution in [0.5, 0.6) is 0 Å². The molecule has 1 saturated heterocycles. The molecule has 1 atom stereocenters. The third-order valence-corrected chi connectivity index (χ3v) is 6.26. The van der Waals surface area contributed by atoms with Crippen molar-refractivity contribution in [2.75, 3.05) is 36.9 Å². The summed E-state index contributed by atoms with van der Waals surface area (Å²) in [5.74, 6) is -0.650. The van der Waals surface area contributed by atoms with Gasteiger partial charge in [-0.3, -0.25) is 4.79 Å². The highest BCUT2D eigenvalue weighted by molar-refractivity contribution is 7.89. The van der Waals surface area contributed by atoms with Gasteiger partial charge in [-0.15, -0.1) is 0 Å². The number of amides is 1. The van der Waals surface area contributed by atoms with E-state index in [4.69, 9.17) is 4.74 Å². The largest absolute Gasteiger partial charge is 0.379 e. The zero-order valence-corrected chi connectivity index (χ0v) is 16.2. The standard InChI is InChI=1S/C19H22FN3O4S/c1-14(21-16-4-2-15(20)3-5-16)19(24)22-17-6-8-18(9-7-17)28(25,26)23-10-12-27-13-11-23/h2-9,14,21H,10-13H2,1H3,(H,22,24)/t14-/m0/s1. The first-order valence-electron chi connectivity index (χ1n) is 8.87. The van der Waals surface area contributed by atoms with Crippen LogP contribution in [0.2, 0.25) is 0 Å². The van der Waals surface area contributed by atoms with Crippen molar-refractivity contribution in [1.29, 1.82) is 0 Å². The fourth-order valence-electron chi connectivity index (χ4n) is 2.76. The predicted octanol–water partition coefficient (Wildman–Crippen LogP) is 2.29. The van der Waals surface area contributed by atoms with E-state index in [9.17, 15) is 17.6 Å². The van der Waals surface area contributed by atoms with Gasteiger partial charge in [-0.1, -0.05) is 0 Å². The van der Waals surface area contributed by atoms with Crippen LogP contribution in [0.1, 0.15) is 6.92 Å². The molecule has 2 N–H and O–H groups in total. The maximum absolute atomic E-state index is 12.9. The Kier molecular flexibility index (Phi) is 6.28. The molecular formula is C19H22FN3O4S. The predicted molar refractivity (Wildman–Crippen MR) is 104 cm³/mol. The topological polar surface area (TPSA) is 87.7 Å². The van der Waals surface area contributed by atoms with Crippen molar-refractivity contribution >= 4 is 27.3 Å². The number of benzene rings is 2. The number of anilines is 2. The summed E-state index contributed by atoms with van der Waals surface area (Å²) in [6.07, 6.45) is 0. The number of hydrogen-bond acceptors (Lipinski definition) is 5. The van der Waals surface area contributed by atoms with Crippen molar-refractivity contribution < 1.29 is 22.3 Å². The lowest BCUT2D eigenvalue weighted by Gasteiger charge is -2.26. The van der Waals surface area contributed by atoms with Crippen LogP contribution in [0.25, 0.3) is 0 Å². The fraction of sp³-hybridized carbons (Fsp3) is 0.316. The molecule has 28 heavy (non-hydrogen) atoms. The summed E-state index contributed by atoms with van der Waals surface area (Å²) < 4.78 is 44.7. The molecule has 1 heterocycles. The van der Waals surface area contributed by atoms with Crippen LogP contribution < -0.4 is 10.6 Å². The lowest BCUT2D eigenvalue weighted by molar-refractivity contribution is -0.116. The molecule has 0 bridgehead atoms. The average Bonchev–Trinajstić information content (AvgIpc) is 2.70. The van der Waals surface area contributed by atoms with E-state index in [0.29, 0.717) is 37.7 Å². The van der Waals surface area contributed by atoms with Crippen LogP contribution >= 0.6 is 0 Å². The number of sulfonamides is 1. The van der Waals surface area contributed by atoms with Crippen LogP contribution in [0, 0.1) is 5.82 Å². The fourth-order valence-corrected chi connectivity index (χ4v) is 4.17. The molecule has 1 fully saturated rings. The molecule has 1 aliphatic rings. The second-order valence-electron chi connectivity index (χ2n) is 6.40. The number of carbonyl (C=O) groups excluding carboxylic acids is 1. The monoisotopic (exact) mass is 407 g/mol. The van der Waals surface area contributed by atoms with Gasteiger partial charge in [0.2, 0.25) is 15.9 Å². The van der Waals surface area contributed by atoms with E-state index in [1.54, 1.807) is 31.2 Å². The molecule has 1 aliphatic heterocycles. The molecule has 1 amide bonds. The summed E-state index contributed by atoms with van der Waals surface area (Å²) >= 11 is 0. The average molecular weight is 407 g/mol. The summed E-state index contributed by atoms with van der Waals surface area (Å²) in [5.41, 5.74) is 1.11. The van der Waals surface area contributed by atoms with Gasteiger partial charge in [0.1, 0.15) is 11.9 Å². The number of rotatable bonds is 6. The van der Waals surface area contributed by atoms with Crippen LogP contribution in [-0.4, -0.2) is 51.0 Å². The Balaban J connectivity index is 1.61. The lowest BCUT2D eigenvalue weighted by atomic mass is 10.2. The van der Waals surface area contributed by atoms with E-state index in [0.717, 1.165) is 0 Å². The van der Waals surface area contributed by atoms with Crippen molar-refractivity contribution in [1.82, 2.24) is 4.31 Å². The van der Waals surface area contributed by atoms with E-state index < -0.39 is 16.1 Å². The van der Waals surface area contributed by atoms with Gasteiger partial charge < -0.3 is 15.4 Å². The molecular weight excluding hydrogens is 385 g/mol. The number of nitrogens with zero attached hydrogens (tertiary/aromatic N) is 1.